The lowest BCUT2D eigenvalue weighted by Crippen LogP contribution is -2.29. The molecule has 0 aliphatic carbocycles. The highest BCUT2D eigenvalue weighted by Crippen LogP contribution is 2.40. The third kappa shape index (κ3) is 2.50. The molecule has 0 spiro atoms. The van der Waals surface area contributed by atoms with Crippen molar-refractivity contribution in [1.29, 1.82) is 0 Å². The molecule has 1 atom stereocenters. The van der Waals surface area contributed by atoms with E-state index in [1.165, 1.54) is 29.5 Å². The molecule has 1 N–H and O–H groups in total. The van der Waals surface area contributed by atoms with Gasteiger partial charge in [0.2, 0.25) is 0 Å². The van der Waals surface area contributed by atoms with E-state index in [2.05, 4.69) is 41.2 Å². The lowest BCUT2D eigenvalue weighted by molar-refractivity contribution is 0.388. The molecular formula is C14H20BrNO. The second-order valence-corrected chi connectivity index (χ2v) is 5.61. The summed E-state index contributed by atoms with van der Waals surface area (Å²) in [5.41, 5.74) is 3.96. The fourth-order valence-electron chi connectivity index (χ4n) is 2.75. The van der Waals surface area contributed by atoms with Crippen LogP contribution in [0.3, 0.4) is 0 Å². The Labute approximate surface area is 112 Å². The van der Waals surface area contributed by atoms with Crippen LogP contribution in [0.1, 0.15) is 35.4 Å². The first-order valence-corrected chi connectivity index (χ1v) is 6.98. The van der Waals surface area contributed by atoms with Crippen molar-refractivity contribution in [3.8, 4) is 5.75 Å². The van der Waals surface area contributed by atoms with Crippen molar-refractivity contribution in [1.82, 2.24) is 5.32 Å². The maximum Gasteiger partial charge on any atom is 0.137 e. The normalized spacial score (nSPS) is 20.4. The zero-order valence-corrected chi connectivity index (χ0v) is 12.4. The predicted octanol–water partition coefficient (Wildman–Crippen LogP) is 3.54. The first-order valence-electron chi connectivity index (χ1n) is 6.19. The highest BCUT2D eigenvalue weighted by molar-refractivity contribution is 9.10. The number of hydrogen-bond donors (Lipinski definition) is 1. The largest absolute Gasteiger partial charge is 0.495 e. The van der Waals surface area contributed by atoms with Crippen LogP contribution in [0.2, 0.25) is 0 Å². The fraction of sp³-hybridized carbons (Fsp3) is 0.571. The van der Waals surface area contributed by atoms with Gasteiger partial charge in [0.15, 0.2) is 0 Å². The van der Waals surface area contributed by atoms with Crippen LogP contribution in [0.25, 0.3) is 0 Å². The molecule has 1 fully saturated rings. The van der Waals surface area contributed by atoms with Gasteiger partial charge in [0.05, 0.1) is 11.6 Å². The van der Waals surface area contributed by atoms with Gasteiger partial charge in [0, 0.05) is 18.0 Å². The van der Waals surface area contributed by atoms with Crippen molar-refractivity contribution in [2.45, 2.75) is 32.6 Å². The number of ether oxygens (including phenoxy) is 1. The molecule has 1 heterocycles. The smallest absolute Gasteiger partial charge is 0.137 e. The van der Waals surface area contributed by atoms with E-state index in [0.717, 1.165) is 23.3 Å². The molecule has 2 nitrogen and oxygen atoms in total. The Hall–Kier alpha value is -0.540. The first kappa shape index (κ1) is 12.9. The highest BCUT2D eigenvalue weighted by atomic mass is 79.9. The number of aryl methyl sites for hydroxylation is 2. The Morgan fingerprint density at radius 1 is 1.35 bits per heavy atom. The van der Waals surface area contributed by atoms with Crippen molar-refractivity contribution in [3.63, 3.8) is 0 Å². The molecule has 3 heteroatoms. The topological polar surface area (TPSA) is 21.3 Å². The summed E-state index contributed by atoms with van der Waals surface area (Å²) in [4.78, 5) is 0. The summed E-state index contributed by atoms with van der Waals surface area (Å²) in [6.45, 7) is 6.51. The Balaban J connectivity index is 2.47. The maximum absolute atomic E-state index is 5.62. The van der Waals surface area contributed by atoms with Crippen molar-refractivity contribution < 1.29 is 4.74 Å². The third-order valence-corrected chi connectivity index (χ3v) is 4.54. The summed E-state index contributed by atoms with van der Waals surface area (Å²) < 4.78 is 6.72. The summed E-state index contributed by atoms with van der Waals surface area (Å²) in [5, 5.41) is 3.48. The quantitative estimate of drug-likeness (QED) is 0.901. The van der Waals surface area contributed by atoms with E-state index >= 15 is 0 Å². The molecule has 1 aliphatic rings. The van der Waals surface area contributed by atoms with Crippen LogP contribution in [0.4, 0.5) is 0 Å². The van der Waals surface area contributed by atoms with Gasteiger partial charge < -0.3 is 10.1 Å². The number of hydrogen-bond acceptors (Lipinski definition) is 2. The Bertz CT molecular complexity index is 411. The van der Waals surface area contributed by atoms with Crippen LogP contribution in [0.5, 0.6) is 5.75 Å². The van der Waals surface area contributed by atoms with Crippen LogP contribution in [-0.4, -0.2) is 20.2 Å². The van der Waals surface area contributed by atoms with E-state index < -0.39 is 0 Å². The second kappa shape index (κ2) is 5.40. The summed E-state index contributed by atoms with van der Waals surface area (Å²) in [5.74, 6) is 1.60. The van der Waals surface area contributed by atoms with E-state index in [9.17, 15) is 0 Å². The number of nitrogens with one attached hydrogen (secondary N) is 1. The first-order chi connectivity index (χ1) is 8.15. The molecule has 0 radical (unpaired) electrons. The van der Waals surface area contributed by atoms with Crippen molar-refractivity contribution in [2.75, 3.05) is 20.2 Å². The summed E-state index contributed by atoms with van der Waals surface area (Å²) in [7, 11) is 1.76. The Kier molecular flexibility index (Phi) is 4.10. The van der Waals surface area contributed by atoms with Gasteiger partial charge in [-0.2, -0.15) is 0 Å². The number of benzene rings is 1. The van der Waals surface area contributed by atoms with Gasteiger partial charge in [-0.25, -0.2) is 0 Å². The summed E-state index contributed by atoms with van der Waals surface area (Å²) in [6.07, 6.45) is 2.50. The van der Waals surface area contributed by atoms with E-state index in [4.69, 9.17) is 4.74 Å². The van der Waals surface area contributed by atoms with Gasteiger partial charge >= 0.3 is 0 Å². The molecule has 2 rings (SSSR count). The lowest BCUT2D eigenvalue weighted by atomic mass is 9.87. The van der Waals surface area contributed by atoms with Gasteiger partial charge in [0.25, 0.3) is 0 Å². The molecule has 0 bridgehead atoms. The molecule has 1 aromatic carbocycles. The minimum absolute atomic E-state index is 0.579. The van der Waals surface area contributed by atoms with Crippen LogP contribution in [0, 0.1) is 13.8 Å². The van der Waals surface area contributed by atoms with Gasteiger partial charge in [-0.1, -0.05) is 6.07 Å². The molecule has 1 saturated heterocycles. The molecule has 0 saturated carbocycles. The van der Waals surface area contributed by atoms with E-state index in [1.807, 2.05) is 0 Å². The zero-order valence-electron chi connectivity index (χ0n) is 10.8. The van der Waals surface area contributed by atoms with Gasteiger partial charge in [-0.15, -0.1) is 0 Å². The van der Waals surface area contributed by atoms with Gasteiger partial charge in [-0.3, -0.25) is 0 Å². The zero-order chi connectivity index (χ0) is 12.4. The Morgan fingerprint density at radius 2 is 2.12 bits per heavy atom. The highest BCUT2D eigenvalue weighted by Gasteiger charge is 2.23. The maximum atomic E-state index is 5.62. The third-order valence-electron chi connectivity index (χ3n) is 3.56. The summed E-state index contributed by atoms with van der Waals surface area (Å²) in [6, 6.07) is 2.25. The van der Waals surface area contributed by atoms with Crippen LogP contribution < -0.4 is 10.1 Å². The molecule has 0 aromatic heterocycles. The molecule has 17 heavy (non-hydrogen) atoms. The van der Waals surface area contributed by atoms with E-state index in [1.54, 1.807) is 7.11 Å². The minimum Gasteiger partial charge on any atom is -0.495 e. The standard InChI is InChI=1S/C14H20BrNO/c1-9-7-10(2)13(15)14(17-3)12(9)11-5-4-6-16-8-11/h7,11,16H,4-6,8H2,1-3H3. The summed E-state index contributed by atoms with van der Waals surface area (Å²) >= 11 is 3.65. The van der Waals surface area contributed by atoms with Crippen LogP contribution in [0.15, 0.2) is 10.5 Å². The minimum atomic E-state index is 0.579. The van der Waals surface area contributed by atoms with Gasteiger partial charge in [-0.05, 0) is 60.3 Å². The monoisotopic (exact) mass is 297 g/mol. The SMILES string of the molecule is COc1c(Br)c(C)cc(C)c1C1CCCNC1. The number of halogens is 1. The van der Waals surface area contributed by atoms with Crippen molar-refractivity contribution in [2.24, 2.45) is 0 Å². The number of methoxy groups -OCH3 is 1. The molecule has 1 aromatic rings. The molecule has 1 unspecified atom stereocenters. The lowest BCUT2D eigenvalue weighted by Gasteiger charge is -2.27. The molecule has 0 amide bonds. The van der Waals surface area contributed by atoms with Crippen LogP contribution in [-0.2, 0) is 0 Å². The molecule has 94 valence electrons. The number of piperidine rings is 1. The average Bonchev–Trinajstić information content (AvgIpc) is 2.34. The molecule has 1 aliphatic heterocycles. The molecular weight excluding hydrogens is 278 g/mol. The predicted molar refractivity (Wildman–Crippen MR) is 75.0 cm³/mol. The van der Waals surface area contributed by atoms with Crippen molar-refractivity contribution >= 4 is 15.9 Å². The number of rotatable bonds is 2. The average molecular weight is 298 g/mol. The van der Waals surface area contributed by atoms with Crippen LogP contribution >= 0.6 is 15.9 Å². The van der Waals surface area contributed by atoms with E-state index in [0.29, 0.717) is 5.92 Å². The van der Waals surface area contributed by atoms with Gasteiger partial charge in [0.1, 0.15) is 5.75 Å². The second-order valence-electron chi connectivity index (χ2n) is 4.81. The van der Waals surface area contributed by atoms with E-state index in [-0.39, 0.29) is 0 Å². The fourth-order valence-corrected chi connectivity index (χ4v) is 3.24. The van der Waals surface area contributed by atoms with Crippen molar-refractivity contribution in [3.05, 3.63) is 27.2 Å². The Morgan fingerprint density at radius 3 is 2.71 bits per heavy atom.